The highest BCUT2D eigenvalue weighted by Crippen LogP contribution is 2.41. The van der Waals surface area contributed by atoms with E-state index in [2.05, 4.69) is 5.10 Å². The molecular formula is C27H19Cl3N4O3. The second kappa shape index (κ2) is 9.67. The van der Waals surface area contributed by atoms with E-state index in [0.717, 1.165) is 4.90 Å². The van der Waals surface area contributed by atoms with Crippen molar-refractivity contribution in [3.63, 3.8) is 0 Å². The minimum Gasteiger partial charge on any atom is -0.858 e. The molecule has 0 atom stereocenters. The molecule has 10 heteroatoms. The molecule has 0 saturated carbocycles. The summed E-state index contributed by atoms with van der Waals surface area (Å²) in [4.78, 5) is 28.8. The summed E-state index contributed by atoms with van der Waals surface area (Å²) in [5, 5.41) is 19.4. The second-order valence-electron chi connectivity index (χ2n) is 8.66. The van der Waals surface area contributed by atoms with E-state index in [1.807, 2.05) is 13.8 Å². The highest BCUT2D eigenvalue weighted by atomic mass is 35.5. The fourth-order valence-electron chi connectivity index (χ4n) is 4.23. The standard InChI is InChI=1S/C27H19Cl3N4O3/c1-15(2)23-21(26(36)34(31-23)18-9-10-19(29)20(30)14-18)22-24(32-11-4-3-5-12-32)27(37)33(25(22)35)17-8-6-7-16(28)13-17/h3-15H,1-2H3. The first kappa shape index (κ1) is 25.0. The first-order chi connectivity index (χ1) is 17.7. The van der Waals surface area contributed by atoms with E-state index in [4.69, 9.17) is 34.8 Å². The van der Waals surface area contributed by atoms with Gasteiger partial charge < -0.3 is 5.11 Å². The van der Waals surface area contributed by atoms with Gasteiger partial charge in [-0.1, -0.05) is 60.8 Å². The molecule has 2 amide bonds. The first-order valence-corrected chi connectivity index (χ1v) is 12.4. The Kier molecular flexibility index (Phi) is 6.54. The van der Waals surface area contributed by atoms with Crippen LogP contribution in [0.2, 0.25) is 15.1 Å². The molecule has 0 aliphatic carbocycles. The lowest BCUT2D eigenvalue weighted by Crippen LogP contribution is -2.39. The summed E-state index contributed by atoms with van der Waals surface area (Å²) < 4.78 is 2.70. The number of rotatable bonds is 5. The number of amides is 2. The number of carbonyl (C=O) groups is 2. The number of imide groups is 1. The zero-order valence-electron chi connectivity index (χ0n) is 19.7. The smallest absolute Gasteiger partial charge is 0.331 e. The van der Waals surface area contributed by atoms with Crippen molar-refractivity contribution in [1.29, 1.82) is 0 Å². The molecule has 4 aromatic rings. The molecule has 5 rings (SSSR count). The molecule has 7 nitrogen and oxygen atoms in total. The van der Waals surface area contributed by atoms with Crippen LogP contribution in [0, 0.1) is 0 Å². The van der Waals surface area contributed by atoms with Crippen molar-refractivity contribution in [2.75, 3.05) is 4.90 Å². The maximum Gasteiger partial charge on any atom is 0.331 e. The van der Waals surface area contributed by atoms with E-state index < -0.39 is 17.7 Å². The summed E-state index contributed by atoms with van der Waals surface area (Å²) in [6.07, 6.45) is 3.29. The van der Waals surface area contributed by atoms with Crippen LogP contribution in [-0.4, -0.2) is 21.6 Å². The number of halogens is 3. The van der Waals surface area contributed by atoms with Gasteiger partial charge in [0.05, 0.1) is 27.1 Å². The molecule has 0 N–H and O–H groups in total. The molecule has 0 radical (unpaired) electrons. The van der Waals surface area contributed by atoms with E-state index in [-0.39, 0.29) is 27.8 Å². The van der Waals surface area contributed by atoms with E-state index in [1.54, 1.807) is 60.9 Å². The minimum absolute atomic E-state index is 0.0401. The summed E-state index contributed by atoms with van der Waals surface area (Å²) in [5.41, 5.74) is 1.09. The largest absolute Gasteiger partial charge is 0.858 e. The van der Waals surface area contributed by atoms with Gasteiger partial charge in [0, 0.05) is 22.7 Å². The number of pyridine rings is 1. The van der Waals surface area contributed by atoms with Crippen LogP contribution >= 0.6 is 34.8 Å². The Bertz CT molecular complexity index is 1600. The predicted molar refractivity (Wildman–Crippen MR) is 141 cm³/mol. The van der Waals surface area contributed by atoms with Gasteiger partial charge in [-0.05, 0) is 48.2 Å². The van der Waals surface area contributed by atoms with Gasteiger partial charge in [-0.25, -0.2) is 9.58 Å². The Labute approximate surface area is 227 Å². The summed E-state index contributed by atoms with van der Waals surface area (Å²) >= 11 is 18.4. The van der Waals surface area contributed by atoms with Crippen LogP contribution in [0.15, 0.2) is 73.1 Å². The van der Waals surface area contributed by atoms with Crippen molar-refractivity contribution < 1.29 is 19.3 Å². The highest BCUT2D eigenvalue weighted by molar-refractivity contribution is 6.53. The van der Waals surface area contributed by atoms with Gasteiger partial charge >= 0.3 is 5.91 Å². The highest BCUT2D eigenvalue weighted by Gasteiger charge is 2.47. The van der Waals surface area contributed by atoms with Gasteiger partial charge in [0.2, 0.25) is 0 Å². The summed E-state index contributed by atoms with van der Waals surface area (Å²) in [6, 6.07) is 16.4. The van der Waals surface area contributed by atoms with Gasteiger partial charge in [-0.3, -0.25) is 9.59 Å². The molecule has 2 aromatic heterocycles. The lowest BCUT2D eigenvalue weighted by molar-refractivity contribution is -0.576. The lowest BCUT2D eigenvalue weighted by Gasteiger charge is -2.16. The number of anilines is 1. The van der Waals surface area contributed by atoms with Gasteiger partial charge in [-0.2, -0.15) is 9.67 Å². The normalized spacial score (nSPS) is 13.8. The zero-order chi connectivity index (χ0) is 26.4. The van der Waals surface area contributed by atoms with Crippen molar-refractivity contribution in [2.24, 2.45) is 0 Å². The Morgan fingerprint density at radius 2 is 1.59 bits per heavy atom. The molecule has 2 aromatic carbocycles. The third-order valence-electron chi connectivity index (χ3n) is 5.91. The van der Waals surface area contributed by atoms with Gasteiger partial charge in [0.25, 0.3) is 11.6 Å². The molecule has 186 valence electrons. The van der Waals surface area contributed by atoms with Crippen LogP contribution in [0.25, 0.3) is 17.0 Å². The number of benzene rings is 2. The van der Waals surface area contributed by atoms with E-state index in [1.165, 1.54) is 21.4 Å². The molecule has 3 heterocycles. The number of aromatic nitrogens is 3. The molecule has 1 aliphatic heterocycles. The Balaban J connectivity index is 1.79. The number of hydrogen-bond donors (Lipinski definition) is 0. The van der Waals surface area contributed by atoms with Crippen molar-refractivity contribution in [3.8, 4) is 11.6 Å². The van der Waals surface area contributed by atoms with Crippen LogP contribution < -0.4 is 14.6 Å². The van der Waals surface area contributed by atoms with E-state index in [0.29, 0.717) is 27.1 Å². The summed E-state index contributed by atoms with van der Waals surface area (Å²) in [5.74, 6) is -2.04. The fourth-order valence-corrected chi connectivity index (χ4v) is 4.71. The fraction of sp³-hybridized carbons (Fsp3) is 0.111. The third-order valence-corrected chi connectivity index (χ3v) is 6.89. The molecule has 1 aliphatic rings. The molecule has 0 spiro atoms. The van der Waals surface area contributed by atoms with Crippen LogP contribution in [0.4, 0.5) is 5.69 Å². The molecule has 37 heavy (non-hydrogen) atoms. The van der Waals surface area contributed by atoms with Crippen LogP contribution in [0.3, 0.4) is 0 Å². The Morgan fingerprint density at radius 1 is 0.865 bits per heavy atom. The molecule has 0 bridgehead atoms. The van der Waals surface area contributed by atoms with Gasteiger partial charge in [0.1, 0.15) is 5.57 Å². The third kappa shape index (κ3) is 4.29. The van der Waals surface area contributed by atoms with Crippen molar-refractivity contribution >= 4 is 63.6 Å². The topological polar surface area (TPSA) is 82.1 Å². The van der Waals surface area contributed by atoms with Gasteiger partial charge in [-0.15, -0.1) is 0 Å². The first-order valence-electron chi connectivity index (χ1n) is 11.3. The van der Waals surface area contributed by atoms with Gasteiger partial charge in [0.15, 0.2) is 12.4 Å². The van der Waals surface area contributed by atoms with Crippen molar-refractivity contribution in [1.82, 2.24) is 9.78 Å². The van der Waals surface area contributed by atoms with E-state index in [9.17, 15) is 14.7 Å². The molecule has 0 fully saturated rings. The number of carbonyl (C=O) groups excluding carboxylic acids is 2. The lowest BCUT2D eigenvalue weighted by atomic mass is 9.98. The quantitative estimate of drug-likeness (QED) is 0.249. The Morgan fingerprint density at radius 3 is 2.24 bits per heavy atom. The van der Waals surface area contributed by atoms with Crippen molar-refractivity contribution in [2.45, 2.75) is 19.8 Å². The van der Waals surface area contributed by atoms with E-state index >= 15 is 0 Å². The summed E-state index contributed by atoms with van der Waals surface area (Å²) in [6.45, 7) is 3.71. The van der Waals surface area contributed by atoms with Crippen molar-refractivity contribution in [3.05, 3.63) is 99.4 Å². The Hall–Kier alpha value is -3.65. The van der Waals surface area contributed by atoms with Crippen LogP contribution in [-0.2, 0) is 9.59 Å². The predicted octanol–water partition coefficient (Wildman–Crippen LogP) is 5.26. The van der Waals surface area contributed by atoms with Crippen LogP contribution in [0.5, 0.6) is 5.88 Å². The summed E-state index contributed by atoms with van der Waals surface area (Å²) in [7, 11) is 0. The zero-order valence-corrected chi connectivity index (χ0v) is 21.9. The SMILES string of the molecule is CC(C)c1nn(-c2ccc(Cl)c(Cl)c2)c([O-])c1C1=C([n+]2ccccc2)C(=O)N(c2cccc(Cl)c2)C1=O. The van der Waals surface area contributed by atoms with Crippen LogP contribution in [0.1, 0.15) is 31.0 Å². The molecular weight excluding hydrogens is 535 g/mol. The molecule has 0 saturated heterocycles. The molecule has 0 unspecified atom stereocenters. The average Bonchev–Trinajstić information content (AvgIpc) is 3.34. The number of hydrogen-bond acceptors (Lipinski definition) is 4. The number of nitrogens with zero attached hydrogens (tertiary/aromatic N) is 4. The second-order valence-corrected chi connectivity index (χ2v) is 9.91. The minimum atomic E-state index is -0.647. The average molecular weight is 554 g/mol. The maximum absolute atomic E-state index is 14.0. The monoisotopic (exact) mass is 552 g/mol. The maximum atomic E-state index is 14.0.